The van der Waals surface area contributed by atoms with Crippen LogP contribution < -0.4 is 11.3 Å². The zero-order valence-electron chi connectivity index (χ0n) is 11.7. The summed E-state index contributed by atoms with van der Waals surface area (Å²) in [5.74, 6) is 0. The third kappa shape index (κ3) is 2.87. The second kappa shape index (κ2) is 6.09. The largest absolute Gasteiger partial charge is 0.351 e. The van der Waals surface area contributed by atoms with Gasteiger partial charge >= 0.3 is 6.03 Å². The van der Waals surface area contributed by atoms with E-state index >= 15 is 0 Å². The molecule has 0 bridgehead atoms. The third-order valence-corrected chi connectivity index (χ3v) is 3.51. The molecule has 2 rings (SSSR count). The standard InChI is InChI=1S/C15H16N4O2/c1-10(19(15(17)21)8-4-7-16)13-9-18-14(20)12-6-3-2-5-11(12)13/h2-3,5-6,9-10H,4,8H2,1H3,(H2,17,21)(H,18,20). The number of fused-ring (bicyclic) bond motifs is 1. The van der Waals surface area contributed by atoms with Crippen LogP contribution in [0.15, 0.2) is 35.3 Å². The molecule has 0 saturated heterocycles. The number of hydrogen-bond acceptors (Lipinski definition) is 3. The maximum absolute atomic E-state index is 11.8. The number of rotatable bonds is 4. The first kappa shape index (κ1) is 14.6. The van der Waals surface area contributed by atoms with Crippen molar-refractivity contribution in [2.45, 2.75) is 19.4 Å². The quantitative estimate of drug-likeness (QED) is 0.895. The number of aromatic amines is 1. The lowest BCUT2D eigenvalue weighted by Gasteiger charge is -2.27. The molecule has 2 amide bonds. The van der Waals surface area contributed by atoms with Crippen LogP contribution in [0.2, 0.25) is 0 Å². The van der Waals surface area contributed by atoms with Crippen molar-refractivity contribution in [1.82, 2.24) is 9.88 Å². The Morgan fingerprint density at radius 3 is 2.71 bits per heavy atom. The first-order valence-electron chi connectivity index (χ1n) is 6.59. The van der Waals surface area contributed by atoms with Crippen molar-refractivity contribution in [2.75, 3.05) is 6.54 Å². The molecule has 0 spiro atoms. The van der Waals surface area contributed by atoms with E-state index < -0.39 is 6.03 Å². The van der Waals surface area contributed by atoms with E-state index in [1.165, 1.54) is 4.90 Å². The fourth-order valence-electron chi connectivity index (χ4n) is 2.41. The average molecular weight is 284 g/mol. The van der Waals surface area contributed by atoms with Crippen LogP contribution in [0.3, 0.4) is 0 Å². The van der Waals surface area contributed by atoms with Crippen LogP contribution in [-0.4, -0.2) is 22.5 Å². The molecule has 2 aromatic rings. The lowest BCUT2D eigenvalue weighted by atomic mass is 10.0. The Bertz CT molecular complexity index is 760. The summed E-state index contributed by atoms with van der Waals surface area (Å²) >= 11 is 0. The number of benzene rings is 1. The summed E-state index contributed by atoms with van der Waals surface area (Å²) < 4.78 is 0. The second-order valence-electron chi connectivity index (χ2n) is 4.73. The molecule has 0 fully saturated rings. The molecule has 0 aliphatic heterocycles. The van der Waals surface area contributed by atoms with Crippen molar-refractivity contribution >= 4 is 16.8 Å². The minimum Gasteiger partial charge on any atom is -0.351 e. The van der Waals surface area contributed by atoms with Crippen molar-refractivity contribution in [1.29, 1.82) is 5.26 Å². The molecule has 6 nitrogen and oxygen atoms in total. The maximum atomic E-state index is 11.8. The molecule has 6 heteroatoms. The maximum Gasteiger partial charge on any atom is 0.315 e. The van der Waals surface area contributed by atoms with E-state index in [1.54, 1.807) is 18.3 Å². The van der Waals surface area contributed by atoms with Crippen LogP contribution in [0.25, 0.3) is 10.8 Å². The number of hydrogen-bond donors (Lipinski definition) is 2. The zero-order valence-corrected chi connectivity index (χ0v) is 11.7. The predicted molar refractivity (Wildman–Crippen MR) is 79.5 cm³/mol. The summed E-state index contributed by atoms with van der Waals surface area (Å²) in [6.45, 7) is 2.07. The van der Waals surface area contributed by atoms with Gasteiger partial charge in [0.15, 0.2) is 0 Å². The highest BCUT2D eigenvalue weighted by Gasteiger charge is 2.21. The lowest BCUT2D eigenvalue weighted by molar-refractivity contribution is 0.190. The van der Waals surface area contributed by atoms with Gasteiger partial charge in [0, 0.05) is 18.1 Å². The van der Waals surface area contributed by atoms with Crippen LogP contribution in [-0.2, 0) is 0 Å². The molecule has 3 N–H and O–H groups in total. The van der Waals surface area contributed by atoms with Gasteiger partial charge in [0.2, 0.25) is 0 Å². The Morgan fingerprint density at radius 1 is 1.43 bits per heavy atom. The predicted octanol–water partition coefficient (Wildman–Crippen LogP) is 1.88. The van der Waals surface area contributed by atoms with Gasteiger partial charge in [0.1, 0.15) is 0 Å². The molecule has 21 heavy (non-hydrogen) atoms. The normalized spacial score (nSPS) is 11.8. The topological polar surface area (TPSA) is 103 Å². The second-order valence-corrected chi connectivity index (χ2v) is 4.73. The number of amides is 2. The minimum atomic E-state index is -0.590. The first-order chi connectivity index (χ1) is 10.1. The van der Waals surface area contributed by atoms with Gasteiger partial charge in [-0.1, -0.05) is 18.2 Å². The van der Waals surface area contributed by atoms with Crippen LogP contribution in [0.5, 0.6) is 0 Å². The summed E-state index contributed by atoms with van der Waals surface area (Å²) in [5.41, 5.74) is 6.01. The zero-order chi connectivity index (χ0) is 15.4. The number of carbonyl (C=O) groups is 1. The highest BCUT2D eigenvalue weighted by molar-refractivity contribution is 5.85. The Balaban J connectivity index is 2.50. The fraction of sp³-hybridized carbons (Fsp3) is 0.267. The van der Waals surface area contributed by atoms with E-state index in [2.05, 4.69) is 4.98 Å². The highest BCUT2D eigenvalue weighted by Crippen LogP contribution is 2.25. The van der Waals surface area contributed by atoms with E-state index in [0.29, 0.717) is 5.39 Å². The molecule has 1 atom stereocenters. The van der Waals surface area contributed by atoms with Crippen molar-refractivity contribution in [3.05, 3.63) is 46.4 Å². The van der Waals surface area contributed by atoms with Crippen LogP contribution >= 0.6 is 0 Å². The number of H-pyrrole nitrogens is 1. The number of pyridine rings is 1. The molecule has 1 aromatic carbocycles. The van der Waals surface area contributed by atoms with E-state index in [0.717, 1.165) is 10.9 Å². The molecule has 108 valence electrons. The summed E-state index contributed by atoms with van der Waals surface area (Å²) in [4.78, 5) is 27.5. The van der Waals surface area contributed by atoms with Crippen LogP contribution in [0.4, 0.5) is 4.79 Å². The summed E-state index contributed by atoms with van der Waals surface area (Å²) in [7, 11) is 0. The third-order valence-electron chi connectivity index (χ3n) is 3.51. The van der Waals surface area contributed by atoms with Gasteiger partial charge in [-0.15, -0.1) is 0 Å². The highest BCUT2D eigenvalue weighted by atomic mass is 16.2. The van der Waals surface area contributed by atoms with Gasteiger partial charge in [0.05, 0.1) is 18.5 Å². The molecular formula is C15H16N4O2. The average Bonchev–Trinajstić information content (AvgIpc) is 2.48. The summed E-state index contributed by atoms with van der Waals surface area (Å²) in [6, 6.07) is 8.26. The van der Waals surface area contributed by atoms with Crippen LogP contribution in [0.1, 0.15) is 24.9 Å². The molecule has 0 saturated carbocycles. The minimum absolute atomic E-state index is 0.177. The molecule has 1 aromatic heterocycles. The molecule has 0 aliphatic carbocycles. The first-order valence-corrected chi connectivity index (χ1v) is 6.59. The van der Waals surface area contributed by atoms with Crippen LogP contribution in [0, 0.1) is 11.3 Å². The Kier molecular flexibility index (Phi) is 4.24. The van der Waals surface area contributed by atoms with Crippen molar-refractivity contribution < 1.29 is 4.79 Å². The lowest BCUT2D eigenvalue weighted by Crippen LogP contribution is -2.38. The number of carbonyl (C=O) groups excluding carboxylic acids is 1. The monoisotopic (exact) mass is 284 g/mol. The SMILES string of the molecule is CC(c1c[nH]c(=O)c2ccccc12)N(CCC#N)C(N)=O. The Labute approximate surface area is 121 Å². The number of nitrogens with two attached hydrogens (primary N) is 1. The number of primary amides is 1. The number of nitriles is 1. The van der Waals surface area contributed by atoms with Crippen molar-refractivity contribution in [3.8, 4) is 6.07 Å². The molecule has 1 unspecified atom stereocenters. The van der Waals surface area contributed by atoms with E-state index in [-0.39, 0.29) is 24.6 Å². The van der Waals surface area contributed by atoms with Gasteiger partial charge in [-0.05, 0) is 23.9 Å². The number of urea groups is 1. The van der Waals surface area contributed by atoms with Gasteiger partial charge in [-0.25, -0.2) is 4.79 Å². The molecular weight excluding hydrogens is 268 g/mol. The molecule has 0 radical (unpaired) electrons. The summed E-state index contributed by atoms with van der Waals surface area (Å²) in [5, 5.41) is 10.0. The van der Waals surface area contributed by atoms with Gasteiger partial charge < -0.3 is 15.6 Å². The fourth-order valence-corrected chi connectivity index (χ4v) is 2.41. The number of nitrogens with zero attached hydrogens (tertiary/aromatic N) is 2. The molecule has 0 aliphatic rings. The number of nitrogens with one attached hydrogen (secondary N) is 1. The van der Waals surface area contributed by atoms with E-state index in [4.69, 9.17) is 11.0 Å². The smallest absolute Gasteiger partial charge is 0.315 e. The van der Waals surface area contributed by atoms with Crippen molar-refractivity contribution in [3.63, 3.8) is 0 Å². The van der Waals surface area contributed by atoms with Gasteiger partial charge in [-0.3, -0.25) is 4.79 Å². The van der Waals surface area contributed by atoms with Crippen molar-refractivity contribution in [2.24, 2.45) is 5.73 Å². The van der Waals surface area contributed by atoms with Gasteiger partial charge in [0.25, 0.3) is 5.56 Å². The summed E-state index contributed by atoms with van der Waals surface area (Å²) in [6.07, 6.45) is 1.80. The Hall–Kier alpha value is -2.81. The Morgan fingerprint density at radius 2 is 2.10 bits per heavy atom. The molecule has 1 heterocycles. The van der Waals surface area contributed by atoms with E-state index in [1.807, 2.05) is 25.1 Å². The number of aromatic nitrogens is 1. The van der Waals surface area contributed by atoms with Gasteiger partial charge in [-0.2, -0.15) is 5.26 Å². The van der Waals surface area contributed by atoms with E-state index in [9.17, 15) is 9.59 Å².